The number of benzene rings is 1. The van der Waals surface area contributed by atoms with Crippen molar-refractivity contribution in [2.45, 2.75) is 71.1 Å². The summed E-state index contributed by atoms with van der Waals surface area (Å²) in [7, 11) is 0. The summed E-state index contributed by atoms with van der Waals surface area (Å²) >= 11 is 0. The minimum absolute atomic E-state index is 0.214. The number of alkyl carbamates (subject to hydrolysis) is 1. The van der Waals surface area contributed by atoms with Crippen molar-refractivity contribution in [1.29, 1.82) is 0 Å². The predicted octanol–water partition coefficient (Wildman–Crippen LogP) is 4.41. The summed E-state index contributed by atoms with van der Waals surface area (Å²) in [6.07, 6.45) is 3.29. The van der Waals surface area contributed by atoms with Gasteiger partial charge in [-0.3, -0.25) is 0 Å². The average molecular weight is 446 g/mol. The van der Waals surface area contributed by atoms with Gasteiger partial charge in [0.1, 0.15) is 12.2 Å². The van der Waals surface area contributed by atoms with E-state index < -0.39 is 5.60 Å². The Kier molecular flexibility index (Phi) is 8.04. The molecule has 32 heavy (non-hydrogen) atoms. The van der Waals surface area contributed by atoms with E-state index in [0.717, 1.165) is 64.0 Å². The maximum atomic E-state index is 12.4. The van der Waals surface area contributed by atoms with Crippen molar-refractivity contribution in [3.8, 4) is 0 Å². The van der Waals surface area contributed by atoms with Crippen LogP contribution in [0.5, 0.6) is 0 Å². The second-order valence-electron chi connectivity index (χ2n) is 10.5. The summed E-state index contributed by atoms with van der Waals surface area (Å²) in [5.41, 5.74) is 0.309. The van der Waals surface area contributed by atoms with Crippen molar-refractivity contribution < 1.29 is 19.1 Å². The minimum atomic E-state index is -0.482. The van der Waals surface area contributed by atoms with Gasteiger partial charge in [0, 0.05) is 38.3 Å². The lowest BCUT2D eigenvalue weighted by molar-refractivity contribution is 0.0382. The number of rotatable bonds is 5. The van der Waals surface area contributed by atoms with Crippen molar-refractivity contribution in [2.24, 2.45) is 5.92 Å². The van der Waals surface area contributed by atoms with E-state index in [9.17, 15) is 9.59 Å². The Labute approximate surface area is 192 Å². The van der Waals surface area contributed by atoms with E-state index in [4.69, 9.17) is 9.47 Å². The molecule has 0 unspecified atom stereocenters. The normalized spacial score (nSPS) is 19.9. The zero-order valence-corrected chi connectivity index (χ0v) is 20.1. The molecule has 1 aromatic carbocycles. The zero-order valence-electron chi connectivity index (χ0n) is 20.1. The predicted molar refractivity (Wildman–Crippen MR) is 124 cm³/mol. The van der Waals surface area contributed by atoms with Crippen LogP contribution in [0, 0.1) is 5.92 Å². The molecule has 178 valence electrons. The Morgan fingerprint density at radius 1 is 1.06 bits per heavy atom. The number of nitrogens with one attached hydrogen (secondary N) is 1. The van der Waals surface area contributed by atoms with E-state index in [1.165, 1.54) is 0 Å². The second kappa shape index (κ2) is 10.6. The number of hydrogen-bond donors (Lipinski definition) is 1. The molecule has 1 aromatic rings. The molecule has 0 aliphatic carbocycles. The summed E-state index contributed by atoms with van der Waals surface area (Å²) in [5.74, 6) is 0.594. The first-order chi connectivity index (χ1) is 15.1. The molecule has 2 saturated heterocycles. The summed E-state index contributed by atoms with van der Waals surface area (Å²) in [4.78, 5) is 28.8. The fourth-order valence-electron chi connectivity index (χ4n) is 4.38. The Morgan fingerprint density at radius 2 is 1.69 bits per heavy atom. The second-order valence-corrected chi connectivity index (χ2v) is 10.5. The SMILES string of the molecule is CC1(NC(=O)OC(C)(C)C)CCN(CC2CCN(C(=O)OCc3ccccc3)CC2)CC1. The molecule has 0 atom stereocenters. The minimum Gasteiger partial charge on any atom is -0.445 e. The van der Waals surface area contributed by atoms with Crippen LogP contribution in [0.25, 0.3) is 0 Å². The van der Waals surface area contributed by atoms with Crippen LogP contribution >= 0.6 is 0 Å². The molecule has 1 N–H and O–H groups in total. The Bertz CT molecular complexity index is 746. The van der Waals surface area contributed by atoms with Crippen LogP contribution in [0.4, 0.5) is 9.59 Å². The number of carbonyl (C=O) groups excluding carboxylic acids is 2. The van der Waals surface area contributed by atoms with Crippen LogP contribution < -0.4 is 5.32 Å². The van der Waals surface area contributed by atoms with Gasteiger partial charge < -0.3 is 24.6 Å². The van der Waals surface area contributed by atoms with Crippen LogP contribution in [0.2, 0.25) is 0 Å². The molecule has 0 aromatic heterocycles. The molecule has 0 radical (unpaired) electrons. The highest BCUT2D eigenvalue weighted by atomic mass is 16.6. The Morgan fingerprint density at radius 3 is 2.28 bits per heavy atom. The zero-order chi connectivity index (χ0) is 23.2. The van der Waals surface area contributed by atoms with E-state index in [0.29, 0.717) is 12.5 Å². The first-order valence-corrected chi connectivity index (χ1v) is 11.8. The summed E-state index contributed by atoms with van der Waals surface area (Å²) in [6, 6.07) is 9.78. The van der Waals surface area contributed by atoms with Crippen LogP contribution in [-0.4, -0.2) is 65.9 Å². The van der Waals surface area contributed by atoms with Gasteiger partial charge in [-0.05, 0) is 64.9 Å². The molecular weight excluding hydrogens is 406 g/mol. The number of nitrogens with zero attached hydrogens (tertiary/aromatic N) is 2. The number of carbonyl (C=O) groups is 2. The fourth-order valence-corrected chi connectivity index (χ4v) is 4.38. The largest absolute Gasteiger partial charge is 0.445 e. The molecule has 2 aliphatic rings. The number of amides is 2. The molecule has 2 amide bonds. The highest BCUT2D eigenvalue weighted by Gasteiger charge is 2.34. The van der Waals surface area contributed by atoms with Crippen molar-refractivity contribution in [1.82, 2.24) is 15.1 Å². The summed E-state index contributed by atoms with van der Waals surface area (Å²) in [6.45, 7) is 12.6. The van der Waals surface area contributed by atoms with Gasteiger partial charge in [0.05, 0.1) is 0 Å². The van der Waals surface area contributed by atoms with Crippen LogP contribution in [0.15, 0.2) is 30.3 Å². The molecular formula is C25H39N3O4. The molecule has 2 aliphatic heterocycles. The average Bonchev–Trinajstić information content (AvgIpc) is 2.73. The van der Waals surface area contributed by atoms with Crippen LogP contribution in [-0.2, 0) is 16.1 Å². The number of likely N-dealkylation sites (tertiary alicyclic amines) is 2. The van der Waals surface area contributed by atoms with Gasteiger partial charge in [-0.25, -0.2) is 9.59 Å². The van der Waals surface area contributed by atoms with Gasteiger partial charge in [-0.1, -0.05) is 30.3 Å². The van der Waals surface area contributed by atoms with E-state index in [1.54, 1.807) is 0 Å². The third-order valence-electron chi connectivity index (χ3n) is 6.36. The monoisotopic (exact) mass is 445 g/mol. The smallest absolute Gasteiger partial charge is 0.410 e. The fraction of sp³-hybridized carbons (Fsp3) is 0.680. The number of hydrogen-bond acceptors (Lipinski definition) is 5. The van der Waals surface area contributed by atoms with Gasteiger partial charge in [0.2, 0.25) is 0 Å². The van der Waals surface area contributed by atoms with Gasteiger partial charge >= 0.3 is 12.2 Å². The van der Waals surface area contributed by atoms with E-state index >= 15 is 0 Å². The standard InChI is InChI=1S/C25H39N3O4/c1-24(2,3)32-22(29)26-25(4)12-16-27(17-13-25)18-20-10-14-28(15-11-20)23(30)31-19-21-8-6-5-7-9-21/h5-9,20H,10-19H2,1-4H3,(H,26,29). The molecule has 2 fully saturated rings. The molecule has 0 saturated carbocycles. The molecule has 0 spiro atoms. The molecule has 7 nitrogen and oxygen atoms in total. The summed E-state index contributed by atoms with van der Waals surface area (Å²) < 4.78 is 10.9. The third-order valence-corrected chi connectivity index (χ3v) is 6.36. The van der Waals surface area contributed by atoms with Crippen molar-refractivity contribution in [2.75, 3.05) is 32.7 Å². The number of piperidine rings is 2. The summed E-state index contributed by atoms with van der Waals surface area (Å²) in [5, 5.41) is 3.07. The van der Waals surface area contributed by atoms with Gasteiger partial charge in [0.15, 0.2) is 0 Å². The Balaban J connectivity index is 1.34. The molecule has 2 heterocycles. The van der Waals surface area contributed by atoms with E-state index in [2.05, 4.69) is 17.1 Å². The van der Waals surface area contributed by atoms with E-state index in [1.807, 2.05) is 56.0 Å². The maximum Gasteiger partial charge on any atom is 0.410 e. The van der Waals surface area contributed by atoms with Crippen molar-refractivity contribution in [3.63, 3.8) is 0 Å². The first kappa shape index (κ1) is 24.4. The van der Waals surface area contributed by atoms with Crippen LogP contribution in [0.3, 0.4) is 0 Å². The number of ether oxygens (including phenoxy) is 2. The maximum absolute atomic E-state index is 12.4. The van der Waals surface area contributed by atoms with Crippen LogP contribution in [0.1, 0.15) is 58.9 Å². The first-order valence-electron chi connectivity index (χ1n) is 11.8. The molecule has 7 heteroatoms. The lowest BCUT2D eigenvalue weighted by atomic mass is 9.88. The quantitative estimate of drug-likeness (QED) is 0.727. The van der Waals surface area contributed by atoms with Gasteiger partial charge in [-0.2, -0.15) is 0 Å². The highest BCUT2D eigenvalue weighted by molar-refractivity contribution is 5.68. The van der Waals surface area contributed by atoms with Gasteiger partial charge in [-0.15, -0.1) is 0 Å². The Hall–Kier alpha value is -2.28. The van der Waals surface area contributed by atoms with E-state index in [-0.39, 0.29) is 17.7 Å². The molecule has 0 bridgehead atoms. The van der Waals surface area contributed by atoms with Crippen molar-refractivity contribution >= 4 is 12.2 Å². The van der Waals surface area contributed by atoms with Crippen molar-refractivity contribution in [3.05, 3.63) is 35.9 Å². The lowest BCUT2D eigenvalue weighted by Gasteiger charge is -2.42. The molecule has 3 rings (SSSR count). The lowest BCUT2D eigenvalue weighted by Crippen LogP contribution is -2.55. The van der Waals surface area contributed by atoms with Gasteiger partial charge in [0.25, 0.3) is 0 Å². The highest BCUT2D eigenvalue weighted by Crippen LogP contribution is 2.26. The third kappa shape index (κ3) is 7.69. The topological polar surface area (TPSA) is 71.1 Å².